The van der Waals surface area contributed by atoms with Crippen molar-refractivity contribution in [3.05, 3.63) is 12.2 Å². The molecule has 27 nitrogen and oxygen atoms in total. The van der Waals surface area contributed by atoms with Crippen LogP contribution >= 0.6 is 0 Å². The van der Waals surface area contributed by atoms with Crippen molar-refractivity contribution in [3.63, 3.8) is 0 Å². The van der Waals surface area contributed by atoms with Crippen LogP contribution in [0.4, 0.5) is 0 Å². The lowest BCUT2D eigenvalue weighted by Gasteiger charge is -2.64. The van der Waals surface area contributed by atoms with Crippen molar-refractivity contribution in [2.45, 2.75) is 238 Å². The molecule has 1 spiro atoms. The Morgan fingerprint density at radius 3 is 1.55 bits per heavy atom. The van der Waals surface area contributed by atoms with E-state index in [4.69, 9.17) is 47.4 Å². The minimum atomic E-state index is -2.03. The first-order valence-corrected chi connectivity index (χ1v) is 26.7. The van der Waals surface area contributed by atoms with E-state index in [9.17, 15) is 86.5 Å². The van der Waals surface area contributed by atoms with Crippen LogP contribution in [0.15, 0.2) is 12.2 Å². The van der Waals surface area contributed by atoms with E-state index in [2.05, 4.69) is 13.5 Å². The van der Waals surface area contributed by atoms with Gasteiger partial charge in [0.05, 0.1) is 43.5 Å². The van der Waals surface area contributed by atoms with Crippen molar-refractivity contribution in [2.75, 3.05) is 26.4 Å². The third kappa shape index (κ3) is 10.3. The Labute approximate surface area is 443 Å². The standard InChI is InChI=1S/C50H80O27/c1-18-12-49-10-6-24-47(3,8-5-9-48(24,4)46(67)76-43-36(65)33(62)29(58)22(15-53)71-43)25(49)7-11-50(18,17-49)77-45-40(39(30(59)23(16-54)72-45)74-42-35(64)32(61)28(57)21(14-52)70-42)75-44-37(66)38(26(55)19(2)68-44)73-41-34(63)31(60)27(56)20(13-51)69-41/h19-45,51-66H,1,5-17H2,2-4H3/t19-,20+,21+,22+,23+,24-,25-,26-,27+,28+,29+,30+,31-,32-,33-,34+,35+,36+,37+,38+,39-,40+,41-,42-,43-,44-,45-,47+,48+,49+,50-/m0/s1. The fraction of sp³-hybridized carbons (Fsp3) is 0.940. The number of hydrogen-bond acceptors (Lipinski definition) is 27. The number of aliphatic hydroxyl groups excluding tert-OH is 16. The van der Waals surface area contributed by atoms with Gasteiger partial charge < -0.3 is 129 Å². The molecular formula is C50H80O27. The van der Waals surface area contributed by atoms with E-state index >= 15 is 0 Å². The monoisotopic (exact) mass is 1110 g/mol. The molecule has 9 aliphatic rings. The van der Waals surface area contributed by atoms with Gasteiger partial charge in [0.25, 0.3) is 0 Å². The summed E-state index contributed by atoms with van der Waals surface area (Å²) in [5, 5.41) is 171. The average molecular weight is 1110 g/mol. The smallest absolute Gasteiger partial charge is 0.314 e. The predicted octanol–water partition coefficient (Wildman–Crippen LogP) is -6.26. The number of aliphatic hydroxyl groups is 16. The lowest BCUT2D eigenvalue weighted by Crippen LogP contribution is -2.68. The lowest BCUT2D eigenvalue weighted by molar-refractivity contribution is -0.405. The largest absolute Gasteiger partial charge is 0.432 e. The molecule has 0 aromatic carbocycles. The molecule has 0 radical (unpaired) electrons. The molecule has 0 aromatic heterocycles. The highest BCUT2D eigenvalue weighted by Crippen LogP contribution is 2.74. The molecule has 4 saturated carbocycles. The summed E-state index contributed by atoms with van der Waals surface area (Å²) in [4.78, 5) is 14.4. The Balaban J connectivity index is 0.996. The van der Waals surface area contributed by atoms with E-state index in [0.717, 1.165) is 6.42 Å². The SMILES string of the molecule is C=C1C[C@@]23CC[C@H]4[C@@](C)(CCC[C@@]4(C)C(=O)O[C@@H]4O[C@H](CO)[C@@H](O)[C@H](O)[C@H]4O)[C@@H]2CC[C@]1(O[C@@H]1O[C@H](CO)[C@@H](O)[C@H](O[C@@H]2O[C@H](CO)[C@@H](O)[C@H](O)[C@H]2O)[C@H]1O[C@@H]1O[C@@H](C)[C@H](O)[C@@H](O[C@@H]2O[C@H](CO)[C@@H](O)[C@H](O)[C@H]2O)[C@H]1O)C3. The molecule has 31 atom stereocenters. The molecule has 77 heavy (non-hydrogen) atoms. The fourth-order valence-electron chi connectivity index (χ4n) is 14.9. The molecule has 0 amide bonds. The molecule has 0 unspecified atom stereocenters. The number of hydrogen-bond donors (Lipinski definition) is 16. The van der Waals surface area contributed by atoms with E-state index in [1.54, 1.807) is 0 Å². The first-order valence-electron chi connectivity index (χ1n) is 26.7. The summed E-state index contributed by atoms with van der Waals surface area (Å²) in [7, 11) is 0. The maximum atomic E-state index is 14.4. The molecule has 27 heteroatoms. The first kappa shape index (κ1) is 59.8. The molecule has 16 N–H and O–H groups in total. The van der Waals surface area contributed by atoms with Gasteiger partial charge in [-0.2, -0.15) is 0 Å². The van der Waals surface area contributed by atoms with Gasteiger partial charge in [0.1, 0.15) is 116 Å². The van der Waals surface area contributed by atoms with Gasteiger partial charge in [0.2, 0.25) is 6.29 Å². The molecule has 0 aromatic rings. The number of ether oxygens (including phenoxy) is 10. The maximum Gasteiger partial charge on any atom is 0.314 e. The third-order valence-corrected chi connectivity index (χ3v) is 19.2. The highest BCUT2D eigenvalue weighted by atomic mass is 16.8. The van der Waals surface area contributed by atoms with Crippen molar-refractivity contribution >= 4 is 5.97 Å². The summed E-state index contributed by atoms with van der Waals surface area (Å²) in [6.45, 7) is 6.71. The Bertz CT molecular complexity index is 2050. The number of rotatable bonds is 14. The van der Waals surface area contributed by atoms with Gasteiger partial charge in [-0.25, -0.2) is 0 Å². The van der Waals surface area contributed by atoms with Crippen molar-refractivity contribution in [1.29, 1.82) is 0 Å². The Morgan fingerprint density at radius 1 is 0.519 bits per heavy atom. The fourth-order valence-corrected chi connectivity index (χ4v) is 14.9. The molecule has 9 fully saturated rings. The topological polar surface area (TPSA) is 433 Å². The second kappa shape index (κ2) is 22.8. The minimum absolute atomic E-state index is 0.0163. The van der Waals surface area contributed by atoms with Gasteiger partial charge in [-0.15, -0.1) is 0 Å². The number of fused-ring (bicyclic) bond motifs is 3. The van der Waals surface area contributed by atoms with E-state index in [0.29, 0.717) is 56.9 Å². The molecule has 9 rings (SSSR count). The van der Waals surface area contributed by atoms with E-state index < -0.39 is 208 Å². The van der Waals surface area contributed by atoms with Crippen LogP contribution in [0.25, 0.3) is 0 Å². The zero-order chi connectivity index (χ0) is 56.0. The van der Waals surface area contributed by atoms with Gasteiger partial charge in [0, 0.05) is 0 Å². The van der Waals surface area contributed by atoms with Gasteiger partial charge in [-0.3, -0.25) is 4.79 Å². The summed E-state index contributed by atoms with van der Waals surface area (Å²) in [5.74, 6) is -0.901. The van der Waals surface area contributed by atoms with Crippen LogP contribution in [-0.2, 0) is 52.2 Å². The first-order chi connectivity index (χ1) is 36.3. The second-order valence-electron chi connectivity index (χ2n) is 23.6. The van der Waals surface area contributed by atoms with Crippen LogP contribution < -0.4 is 0 Å². The Morgan fingerprint density at radius 2 is 0.987 bits per heavy atom. The molecule has 5 heterocycles. The van der Waals surface area contributed by atoms with E-state index in [1.807, 2.05) is 6.92 Å². The van der Waals surface area contributed by atoms with Gasteiger partial charge in [0.15, 0.2) is 25.2 Å². The number of esters is 1. The zero-order valence-corrected chi connectivity index (χ0v) is 43.1. The van der Waals surface area contributed by atoms with Crippen LogP contribution in [0.1, 0.15) is 78.6 Å². The highest BCUT2D eigenvalue weighted by Gasteiger charge is 2.70. The van der Waals surface area contributed by atoms with Crippen molar-refractivity contribution in [1.82, 2.24) is 0 Å². The van der Waals surface area contributed by atoms with Crippen LogP contribution in [0.2, 0.25) is 0 Å². The summed E-state index contributed by atoms with van der Waals surface area (Å²) in [6, 6.07) is 0. The molecule has 5 saturated heterocycles. The van der Waals surface area contributed by atoms with Crippen molar-refractivity contribution in [2.24, 2.45) is 28.1 Å². The molecule has 442 valence electrons. The van der Waals surface area contributed by atoms with E-state index in [1.165, 1.54) is 6.92 Å². The Hall–Kier alpha value is -1.79. The summed E-state index contributed by atoms with van der Waals surface area (Å²) in [6.07, 6.45) is -38.7. The zero-order valence-electron chi connectivity index (χ0n) is 43.1. The third-order valence-electron chi connectivity index (χ3n) is 19.2. The Kier molecular flexibility index (Phi) is 17.7. The minimum Gasteiger partial charge on any atom is -0.432 e. The lowest BCUT2D eigenvalue weighted by atomic mass is 9.41. The highest BCUT2D eigenvalue weighted by molar-refractivity contribution is 5.77. The number of carbonyl (C=O) groups excluding carboxylic acids is 1. The molecular weight excluding hydrogens is 1030 g/mol. The normalized spacial score (nSPS) is 55.1. The van der Waals surface area contributed by atoms with Crippen LogP contribution in [0, 0.1) is 28.1 Å². The summed E-state index contributed by atoms with van der Waals surface area (Å²) < 4.78 is 60.6. The number of carbonyl (C=O) groups is 1. The summed E-state index contributed by atoms with van der Waals surface area (Å²) in [5.41, 5.74) is -2.54. The summed E-state index contributed by atoms with van der Waals surface area (Å²) >= 11 is 0. The van der Waals surface area contributed by atoms with E-state index in [-0.39, 0.29) is 11.8 Å². The second-order valence-corrected chi connectivity index (χ2v) is 23.6. The van der Waals surface area contributed by atoms with Crippen LogP contribution in [0.3, 0.4) is 0 Å². The van der Waals surface area contributed by atoms with Gasteiger partial charge >= 0.3 is 5.97 Å². The van der Waals surface area contributed by atoms with Crippen molar-refractivity contribution in [3.8, 4) is 0 Å². The average Bonchev–Trinajstić information content (AvgIpc) is 3.82. The molecule has 2 bridgehead atoms. The van der Waals surface area contributed by atoms with Gasteiger partial charge in [-0.05, 0) is 93.5 Å². The molecule has 5 aliphatic heterocycles. The quantitative estimate of drug-likeness (QED) is 0.0437. The van der Waals surface area contributed by atoms with Crippen molar-refractivity contribution < 1.29 is 134 Å². The maximum absolute atomic E-state index is 14.4. The molecule has 4 aliphatic carbocycles. The predicted molar refractivity (Wildman–Crippen MR) is 250 cm³/mol. The van der Waals surface area contributed by atoms with Gasteiger partial charge in [-0.1, -0.05) is 19.9 Å². The van der Waals surface area contributed by atoms with Crippen LogP contribution in [0.5, 0.6) is 0 Å². The van der Waals surface area contributed by atoms with Crippen LogP contribution in [-0.4, -0.2) is 273 Å².